The quantitative estimate of drug-likeness (QED) is 0.778. The van der Waals surface area contributed by atoms with Crippen LogP contribution in [0.5, 0.6) is 0 Å². The molecule has 0 bridgehead atoms. The Hall–Kier alpha value is -1.33. The van der Waals surface area contributed by atoms with Crippen molar-refractivity contribution in [2.24, 2.45) is 0 Å². The second-order valence-corrected chi connectivity index (χ2v) is 5.75. The summed E-state index contributed by atoms with van der Waals surface area (Å²) in [5.74, 6) is -3.79. The highest BCUT2D eigenvalue weighted by molar-refractivity contribution is 9.10. The van der Waals surface area contributed by atoms with E-state index in [2.05, 4.69) is 21.2 Å². The molecule has 0 aromatic heterocycles. The molecule has 1 unspecified atom stereocenters. The molecule has 0 aliphatic heterocycles. The lowest BCUT2D eigenvalue weighted by Gasteiger charge is -2.20. The molecule has 0 spiro atoms. The smallest absolute Gasteiger partial charge is 0.194 e. The van der Waals surface area contributed by atoms with Gasteiger partial charge in [-0.3, -0.25) is 0 Å². The van der Waals surface area contributed by atoms with Crippen molar-refractivity contribution < 1.29 is 13.2 Å². The maximum absolute atomic E-state index is 14.0. The summed E-state index contributed by atoms with van der Waals surface area (Å²) in [4.78, 5) is 0. The molecule has 5 heteroatoms. The van der Waals surface area contributed by atoms with Gasteiger partial charge in [0.15, 0.2) is 17.5 Å². The Morgan fingerprint density at radius 1 is 1.00 bits per heavy atom. The van der Waals surface area contributed by atoms with E-state index in [-0.39, 0.29) is 5.56 Å². The second-order valence-electron chi connectivity index (χ2n) is 4.95. The van der Waals surface area contributed by atoms with Gasteiger partial charge in [-0.05, 0) is 43.7 Å². The van der Waals surface area contributed by atoms with E-state index in [0.717, 1.165) is 27.2 Å². The summed E-state index contributed by atoms with van der Waals surface area (Å²) in [5.41, 5.74) is 2.86. The number of nitrogens with one attached hydrogen (secondary N) is 1. The molecule has 0 fully saturated rings. The van der Waals surface area contributed by atoms with Crippen molar-refractivity contribution >= 4 is 15.9 Å². The van der Waals surface area contributed by atoms with Crippen LogP contribution in [0.4, 0.5) is 13.2 Å². The molecular weight excluding hydrogens is 343 g/mol. The van der Waals surface area contributed by atoms with E-state index in [4.69, 9.17) is 0 Å². The first-order valence-corrected chi connectivity index (χ1v) is 7.23. The second kappa shape index (κ2) is 6.20. The van der Waals surface area contributed by atoms with Gasteiger partial charge in [0.05, 0.1) is 6.04 Å². The fourth-order valence-electron chi connectivity index (χ4n) is 2.41. The lowest BCUT2D eigenvalue weighted by molar-refractivity contribution is 0.435. The third-order valence-electron chi connectivity index (χ3n) is 3.46. The van der Waals surface area contributed by atoms with E-state index < -0.39 is 23.5 Å². The van der Waals surface area contributed by atoms with Gasteiger partial charge < -0.3 is 5.32 Å². The molecule has 0 saturated carbocycles. The van der Waals surface area contributed by atoms with Gasteiger partial charge in [0.1, 0.15) is 0 Å². The maximum atomic E-state index is 14.0. The highest BCUT2D eigenvalue weighted by Gasteiger charge is 2.22. The number of halogens is 4. The molecule has 21 heavy (non-hydrogen) atoms. The first-order valence-electron chi connectivity index (χ1n) is 6.44. The molecule has 2 rings (SSSR count). The van der Waals surface area contributed by atoms with Crippen LogP contribution in [0.25, 0.3) is 0 Å². The lowest BCUT2D eigenvalue weighted by atomic mass is 9.95. The molecule has 0 saturated heterocycles. The minimum atomic E-state index is -1.45. The molecule has 0 amide bonds. The summed E-state index contributed by atoms with van der Waals surface area (Å²) >= 11 is 3.47. The summed E-state index contributed by atoms with van der Waals surface area (Å²) in [6.07, 6.45) is 0. The first kappa shape index (κ1) is 16.0. The zero-order chi connectivity index (χ0) is 15.7. The largest absolute Gasteiger partial charge is 0.309 e. The van der Waals surface area contributed by atoms with Gasteiger partial charge in [-0.15, -0.1) is 0 Å². The van der Waals surface area contributed by atoms with Gasteiger partial charge in [0.2, 0.25) is 0 Å². The van der Waals surface area contributed by atoms with Crippen LogP contribution in [0.3, 0.4) is 0 Å². The zero-order valence-corrected chi connectivity index (χ0v) is 13.5. The van der Waals surface area contributed by atoms with E-state index in [1.165, 1.54) is 6.07 Å². The fourth-order valence-corrected chi connectivity index (χ4v) is 2.64. The van der Waals surface area contributed by atoms with Crippen LogP contribution < -0.4 is 5.32 Å². The Balaban J connectivity index is 2.58. The molecule has 0 aliphatic carbocycles. The van der Waals surface area contributed by atoms with Crippen LogP contribution in [-0.4, -0.2) is 7.05 Å². The summed E-state index contributed by atoms with van der Waals surface area (Å²) in [6, 6.07) is 5.43. The summed E-state index contributed by atoms with van der Waals surface area (Å²) in [5, 5.41) is 2.95. The standard InChI is InChI=1S/C16H15BrF3N/c1-8-6-10(7-9(2)13(8)17)16(21-3)11-4-5-12(18)15(20)14(11)19/h4-7,16,21H,1-3H3. The first-order chi connectivity index (χ1) is 9.86. The van der Waals surface area contributed by atoms with Crippen molar-refractivity contribution in [1.29, 1.82) is 0 Å². The van der Waals surface area contributed by atoms with E-state index in [9.17, 15) is 13.2 Å². The van der Waals surface area contributed by atoms with Gasteiger partial charge in [0, 0.05) is 10.0 Å². The topological polar surface area (TPSA) is 12.0 Å². The van der Waals surface area contributed by atoms with Crippen LogP contribution >= 0.6 is 15.9 Å². The molecule has 1 N–H and O–H groups in total. The van der Waals surface area contributed by atoms with Crippen LogP contribution in [0, 0.1) is 31.3 Å². The minimum absolute atomic E-state index is 0.0810. The minimum Gasteiger partial charge on any atom is -0.309 e. The predicted molar refractivity (Wildman–Crippen MR) is 80.8 cm³/mol. The van der Waals surface area contributed by atoms with E-state index >= 15 is 0 Å². The van der Waals surface area contributed by atoms with Crippen molar-refractivity contribution in [2.45, 2.75) is 19.9 Å². The van der Waals surface area contributed by atoms with Crippen molar-refractivity contribution in [2.75, 3.05) is 7.05 Å². The molecule has 0 aliphatic rings. The van der Waals surface area contributed by atoms with Crippen molar-refractivity contribution in [3.05, 3.63) is 68.4 Å². The highest BCUT2D eigenvalue weighted by atomic mass is 79.9. The average molecular weight is 358 g/mol. The van der Waals surface area contributed by atoms with E-state index in [1.54, 1.807) is 7.05 Å². The SMILES string of the molecule is CNC(c1cc(C)c(Br)c(C)c1)c1ccc(F)c(F)c1F. The maximum Gasteiger partial charge on any atom is 0.194 e. The lowest BCUT2D eigenvalue weighted by Crippen LogP contribution is -2.20. The van der Waals surface area contributed by atoms with Crippen LogP contribution in [0.1, 0.15) is 28.3 Å². The normalized spacial score (nSPS) is 12.5. The van der Waals surface area contributed by atoms with Crippen molar-refractivity contribution in [3.8, 4) is 0 Å². The summed E-state index contributed by atoms with van der Waals surface area (Å²) in [6.45, 7) is 3.85. The predicted octanol–water partition coefficient (Wildman–Crippen LogP) is 4.79. The number of hydrogen-bond donors (Lipinski definition) is 1. The summed E-state index contributed by atoms with van der Waals surface area (Å²) < 4.78 is 41.5. The molecule has 0 heterocycles. The van der Waals surface area contributed by atoms with Gasteiger partial charge in [-0.1, -0.05) is 34.1 Å². The molecule has 1 nitrogen and oxygen atoms in total. The molecule has 2 aromatic rings. The monoisotopic (exact) mass is 357 g/mol. The summed E-state index contributed by atoms with van der Waals surface area (Å²) in [7, 11) is 1.65. The Morgan fingerprint density at radius 2 is 1.57 bits per heavy atom. The van der Waals surface area contributed by atoms with Gasteiger partial charge >= 0.3 is 0 Å². The Labute approximate surface area is 130 Å². The zero-order valence-electron chi connectivity index (χ0n) is 11.9. The fraction of sp³-hybridized carbons (Fsp3) is 0.250. The number of rotatable bonds is 3. The molecule has 2 aromatic carbocycles. The van der Waals surface area contributed by atoms with Gasteiger partial charge in [0.25, 0.3) is 0 Å². The van der Waals surface area contributed by atoms with Crippen LogP contribution in [0.2, 0.25) is 0 Å². The average Bonchev–Trinajstić information content (AvgIpc) is 2.45. The third kappa shape index (κ3) is 2.99. The Morgan fingerprint density at radius 3 is 2.10 bits per heavy atom. The van der Waals surface area contributed by atoms with Crippen molar-refractivity contribution in [3.63, 3.8) is 0 Å². The van der Waals surface area contributed by atoms with Crippen LogP contribution in [0.15, 0.2) is 28.7 Å². The molecular formula is C16H15BrF3N. The number of hydrogen-bond acceptors (Lipinski definition) is 1. The third-order valence-corrected chi connectivity index (χ3v) is 4.71. The number of benzene rings is 2. The van der Waals surface area contributed by atoms with Crippen LogP contribution in [-0.2, 0) is 0 Å². The van der Waals surface area contributed by atoms with E-state index in [1.807, 2.05) is 26.0 Å². The van der Waals surface area contributed by atoms with Crippen molar-refractivity contribution in [1.82, 2.24) is 5.32 Å². The molecule has 112 valence electrons. The van der Waals surface area contributed by atoms with E-state index in [0.29, 0.717) is 0 Å². The molecule has 1 atom stereocenters. The highest BCUT2D eigenvalue weighted by Crippen LogP contribution is 2.30. The van der Waals surface area contributed by atoms with Gasteiger partial charge in [-0.25, -0.2) is 13.2 Å². The Kier molecular flexibility index (Phi) is 4.74. The Bertz CT molecular complexity index is 662. The molecule has 0 radical (unpaired) electrons. The van der Waals surface area contributed by atoms with Gasteiger partial charge in [-0.2, -0.15) is 0 Å². The number of aryl methyl sites for hydroxylation is 2.